The van der Waals surface area contributed by atoms with Crippen molar-refractivity contribution in [2.45, 2.75) is 13.8 Å². The zero-order chi connectivity index (χ0) is 26.3. The SMILES string of the molecule is CCN(CC)c1ccc2nc3c4cc(Oc5ccc([N+](=O)[O-])cc5[N+](=O)[O-])ccc4c(=O)cc-3oc2c1. The lowest BCUT2D eigenvalue weighted by molar-refractivity contribution is -0.394. The van der Waals surface area contributed by atoms with Crippen LogP contribution in [0.2, 0.25) is 0 Å². The van der Waals surface area contributed by atoms with Gasteiger partial charge in [0, 0.05) is 47.7 Å². The lowest BCUT2D eigenvalue weighted by atomic mass is 10.0. The summed E-state index contributed by atoms with van der Waals surface area (Å²) in [6.45, 7) is 5.77. The van der Waals surface area contributed by atoms with Crippen molar-refractivity contribution >= 4 is 38.9 Å². The van der Waals surface area contributed by atoms with E-state index in [0.717, 1.165) is 37.0 Å². The molecule has 0 spiro atoms. The van der Waals surface area contributed by atoms with Gasteiger partial charge in [0.15, 0.2) is 16.8 Å². The molecule has 0 radical (unpaired) electrons. The lowest BCUT2D eigenvalue weighted by Gasteiger charge is -2.21. The normalized spacial score (nSPS) is 11.2. The number of nitro benzene ring substituents is 2. The molecule has 37 heavy (non-hydrogen) atoms. The average Bonchev–Trinajstić information content (AvgIpc) is 2.88. The molecule has 5 rings (SSSR count). The second-order valence-corrected chi connectivity index (χ2v) is 8.24. The molecule has 186 valence electrons. The van der Waals surface area contributed by atoms with Crippen LogP contribution in [0.3, 0.4) is 0 Å². The van der Waals surface area contributed by atoms with Crippen molar-refractivity contribution in [1.29, 1.82) is 0 Å². The third-order valence-corrected chi connectivity index (χ3v) is 6.11. The van der Waals surface area contributed by atoms with Gasteiger partial charge in [-0.2, -0.15) is 0 Å². The predicted molar refractivity (Wildman–Crippen MR) is 138 cm³/mol. The van der Waals surface area contributed by atoms with E-state index >= 15 is 0 Å². The highest BCUT2D eigenvalue weighted by Gasteiger charge is 2.22. The lowest BCUT2D eigenvalue weighted by Crippen LogP contribution is -2.21. The van der Waals surface area contributed by atoms with Crippen molar-refractivity contribution in [2.24, 2.45) is 0 Å². The average molecular weight is 500 g/mol. The molecule has 0 atom stereocenters. The maximum atomic E-state index is 12.8. The fraction of sp³-hybridized carbons (Fsp3) is 0.154. The molecule has 0 N–H and O–H groups in total. The molecule has 0 saturated carbocycles. The molecule has 1 aliphatic heterocycles. The molecule has 0 amide bonds. The van der Waals surface area contributed by atoms with Crippen molar-refractivity contribution < 1.29 is 19.0 Å². The summed E-state index contributed by atoms with van der Waals surface area (Å²) in [7, 11) is 0. The number of hydrogen-bond acceptors (Lipinski definition) is 9. The number of ether oxygens (including phenoxy) is 1. The van der Waals surface area contributed by atoms with Gasteiger partial charge in [-0.1, -0.05) is 0 Å². The summed E-state index contributed by atoms with van der Waals surface area (Å²) in [6, 6.07) is 14.8. The van der Waals surface area contributed by atoms with E-state index in [9.17, 15) is 25.0 Å². The van der Waals surface area contributed by atoms with Gasteiger partial charge in [0.1, 0.15) is 17.0 Å². The van der Waals surface area contributed by atoms with Crippen LogP contribution in [0.4, 0.5) is 17.1 Å². The van der Waals surface area contributed by atoms with Crippen LogP contribution in [0.25, 0.3) is 33.3 Å². The van der Waals surface area contributed by atoms with E-state index in [0.29, 0.717) is 33.3 Å². The van der Waals surface area contributed by atoms with Crippen molar-refractivity contribution in [1.82, 2.24) is 4.98 Å². The fourth-order valence-electron chi connectivity index (χ4n) is 4.27. The number of non-ortho nitro benzene ring substituents is 1. The predicted octanol–water partition coefficient (Wildman–Crippen LogP) is 5.90. The van der Waals surface area contributed by atoms with Gasteiger partial charge in [-0.05, 0) is 50.2 Å². The van der Waals surface area contributed by atoms with E-state index in [-0.39, 0.29) is 16.9 Å². The monoisotopic (exact) mass is 500 g/mol. The van der Waals surface area contributed by atoms with Crippen LogP contribution in [-0.2, 0) is 0 Å². The molecule has 0 bridgehead atoms. The van der Waals surface area contributed by atoms with Crippen LogP contribution >= 0.6 is 0 Å². The number of nitrogens with zero attached hydrogens (tertiary/aromatic N) is 4. The first-order chi connectivity index (χ1) is 17.8. The molecule has 0 unspecified atom stereocenters. The van der Waals surface area contributed by atoms with E-state index < -0.39 is 21.2 Å². The van der Waals surface area contributed by atoms with Gasteiger partial charge < -0.3 is 14.1 Å². The Hall–Kier alpha value is -5.06. The quantitative estimate of drug-likeness (QED) is 0.115. The van der Waals surface area contributed by atoms with Crippen LogP contribution in [-0.4, -0.2) is 27.9 Å². The standard InChI is InChI=1S/C26H20N4O7/c1-3-28(4-2)15-5-9-20-24(12-15)37-25-14-22(31)18-8-7-17(13-19(18)26(25)27-20)36-23-10-6-16(29(32)33)11-21(23)30(34)35/h5-14H,3-4H2,1-2H3. The Labute approximate surface area is 209 Å². The Bertz CT molecular complexity index is 1730. The van der Waals surface area contributed by atoms with Gasteiger partial charge in [-0.25, -0.2) is 4.98 Å². The van der Waals surface area contributed by atoms with Gasteiger partial charge in [-0.15, -0.1) is 0 Å². The van der Waals surface area contributed by atoms with E-state index in [1.807, 2.05) is 18.2 Å². The molecule has 2 aliphatic rings. The summed E-state index contributed by atoms with van der Waals surface area (Å²) < 4.78 is 11.8. The van der Waals surface area contributed by atoms with Crippen LogP contribution in [0.1, 0.15) is 13.8 Å². The fourth-order valence-corrected chi connectivity index (χ4v) is 4.27. The second kappa shape index (κ2) is 9.19. The van der Waals surface area contributed by atoms with Crippen molar-refractivity contribution in [3.05, 3.63) is 91.1 Å². The van der Waals surface area contributed by atoms with Gasteiger partial charge in [-0.3, -0.25) is 25.0 Å². The molecule has 1 aliphatic carbocycles. The van der Waals surface area contributed by atoms with Crippen molar-refractivity contribution in [3.8, 4) is 23.0 Å². The van der Waals surface area contributed by atoms with Crippen LogP contribution in [0, 0.1) is 20.2 Å². The van der Waals surface area contributed by atoms with E-state index in [2.05, 4.69) is 18.7 Å². The first kappa shape index (κ1) is 23.7. The molecule has 11 heteroatoms. The Morgan fingerprint density at radius 3 is 2.41 bits per heavy atom. The molecule has 0 saturated heterocycles. The topological polar surface area (TPSA) is 142 Å². The first-order valence-corrected chi connectivity index (χ1v) is 11.5. The third kappa shape index (κ3) is 4.27. The number of hydrogen-bond donors (Lipinski definition) is 0. The minimum atomic E-state index is -0.756. The van der Waals surface area contributed by atoms with Crippen LogP contribution < -0.4 is 15.1 Å². The number of nitro groups is 2. The highest BCUT2D eigenvalue weighted by Crippen LogP contribution is 2.37. The molecule has 0 fully saturated rings. The second-order valence-electron chi connectivity index (χ2n) is 8.24. The first-order valence-electron chi connectivity index (χ1n) is 11.5. The summed E-state index contributed by atoms with van der Waals surface area (Å²) in [6.07, 6.45) is 0. The highest BCUT2D eigenvalue weighted by atomic mass is 16.6. The smallest absolute Gasteiger partial charge is 0.318 e. The Morgan fingerprint density at radius 2 is 1.70 bits per heavy atom. The van der Waals surface area contributed by atoms with Gasteiger partial charge in [0.05, 0.1) is 15.9 Å². The molecule has 3 aromatic rings. The summed E-state index contributed by atoms with van der Waals surface area (Å²) in [5.41, 5.74) is 1.28. The number of anilines is 1. The third-order valence-electron chi connectivity index (χ3n) is 6.11. The molecular formula is C26H20N4O7. The van der Waals surface area contributed by atoms with E-state index in [4.69, 9.17) is 14.1 Å². The zero-order valence-electron chi connectivity index (χ0n) is 19.8. The summed E-state index contributed by atoms with van der Waals surface area (Å²) in [5.74, 6) is 0.305. The Balaban J connectivity index is 1.63. The molecule has 0 aromatic heterocycles. The zero-order valence-corrected chi connectivity index (χ0v) is 19.8. The van der Waals surface area contributed by atoms with Crippen LogP contribution in [0.15, 0.2) is 69.9 Å². The van der Waals surface area contributed by atoms with Crippen molar-refractivity contribution in [2.75, 3.05) is 18.0 Å². The van der Waals surface area contributed by atoms with Crippen LogP contribution in [0.5, 0.6) is 11.5 Å². The Kier molecular flexibility index (Phi) is 5.88. The number of benzene rings is 4. The minimum absolute atomic E-state index is 0.176. The van der Waals surface area contributed by atoms with E-state index in [1.165, 1.54) is 12.1 Å². The number of rotatable bonds is 7. The van der Waals surface area contributed by atoms with Gasteiger partial charge >= 0.3 is 5.69 Å². The molecule has 1 heterocycles. The number of fused-ring (bicyclic) bond motifs is 4. The maximum Gasteiger partial charge on any atom is 0.318 e. The largest absolute Gasteiger partial charge is 0.453 e. The van der Waals surface area contributed by atoms with Gasteiger partial charge in [0.2, 0.25) is 5.75 Å². The molecule has 3 aromatic carbocycles. The summed E-state index contributed by atoms with van der Waals surface area (Å²) in [4.78, 5) is 40.7. The maximum absolute atomic E-state index is 12.8. The Morgan fingerprint density at radius 1 is 0.919 bits per heavy atom. The minimum Gasteiger partial charge on any atom is -0.453 e. The number of aromatic nitrogens is 1. The van der Waals surface area contributed by atoms with E-state index in [1.54, 1.807) is 12.1 Å². The highest BCUT2D eigenvalue weighted by molar-refractivity contribution is 5.97. The van der Waals surface area contributed by atoms with Gasteiger partial charge in [0.25, 0.3) is 5.69 Å². The van der Waals surface area contributed by atoms with Crippen molar-refractivity contribution in [3.63, 3.8) is 0 Å². The summed E-state index contributed by atoms with van der Waals surface area (Å²) >= 11 is 0. The molecule has 11 nitrogen and oxygen atoms in total. The molecular weight excluding hydrogens is 480 g/mol. The summed E-state index contributed by atoms with van der Waals surface area (Å²) in [5, 5.41) is 23.3.